The Morgan fingerprint density at radius 3 is 2.62 bits per heavy atom. The van der Waals surface area contributed by atoms with Crippen LogP contribution in [0.1, 0.15) is 35.7 Å². The van der Waals surface area contributed by atoms with Crippen LogP contribution in [-0.4, -0.2) is 13.1 Å². The summed E-state index contributed by atoms with van der Waals surface area (Å²) in [6.07, 6.45) is 0. The minimum absolute atomic E-state index is 0.381. The molecule has 110 valence electrons. The maximum Gasteiger partial charge on any atom is 0.337 e. The Morgan fingerprint density at radius 1 is 1.19 bits per heavy atom. The molecule has 0 saturated heterocycles. The van der Waals surface area contributed by atoms with Gasteiger partial charge in [-0.05, 0) is 41.8 Å². The predicted octanol–water partition coefficient (Wildman–Crippen LogP) is 3.92. The number of ether oxygens (including phenoxy) is 1. The Morgan fingerprint density at radius 2 is 1.95 bits per heavy atom. The number of methoxy groups -OCH3 is 1. The normalized spacial score (nSPS) is 10.5. The summed E-state index contributed by atoms with van der Waals surface area (Å²) in [6, 6.07) is 13.2. The van der Waals surface area contributed by atoms with Gasteiger partial charge < -0.3 is 15.8 Å². The van der Waals surface area contributed by atoms with Gasteiger partial charge in [0.1, 0.15) is 0 Å². The lowest BCUT2D eigenvalue weighted by molar-refractivity contribution is 0.0601. The highest BCUT2D eigenvalue weighted by Crippen LogP contribution is 2.26. The van der Waals surface area contributed by atoms with E-state index in [1.54, 1.807) is 18.2 Å². The Bertz CT molecular complexity index is 651. The van der Waals surface area contributed by atoms with Gasteiger partial charge in [0.15, 0.2) is 0 Å². The van der Waals surface area contributed by atoms with Gasteiger partial charge in [0, 0.05) is 5.69 Å². The first-order valence-electron chi connectivity index (χ1n) is 6.86. The number of hydrogen-bond acceptors (Lipinski definition) is 4. The van der Waals surface area contributed by atoms with Gasteiger partial charge in [0.2, 0.25) is 0 Å². The molecule has 2 rings (SSSR count). The van der Waals surface area contributed by atoms with E-state index in [1.807, 2.05) is 12.1 Å². The van der Waals surface area contributed by atoms with Crippen molar-refractivity contribution >= 4 is 23.0 Å². The van der Waals surface area contributed by atoms with Crippen molar-refractivity contribution in [2.45, 2.75) is 19.8 Å². The highest BCUT2D eigenvalue weighted by molar-refractivity contribution is 5.92. The van der Waals surface area contributed by atoms with Crippen molar-refractivity contribution in [3.8, 4) is 0 Å². The van der Waals surface area contributed by atoms with Gasteiger partial charge in [-0.25, -0.2) is 4.79 Å². The molecule has 0 fully saturated rings. The molecule has 0 atom stereocenters. The van der Waals surface area contributed by atoms with E-state index in [2.05, 4.69) is 31.3 Å². The number of carbonyl (C=O) groups excluding carboxylic acids is 1. The lowest BCUT2D eigenvalue weighted by atomic mass is 10.0. The van der Waals surface area contributed by atoms with Crippen molar-refractivity contribution in [2.75, 3.05) is 18.2 Å². The third-order valence-electron chi connectivity index (χ3n) is 3.31. The molecule has 0 aliphatic carbocycles. The van der Waals surface area contributed by atoms with Crippen molar-refractivity contribution in [2.24, 2.45) is 0 Å². The van der Waals surface area contributed by atoms with E-state index >= 15 is 0 Å². The Balaban J connectivity index is 2.30. The molecular weight excluding hydrogens is 264 g/mol. The quantitative estimate of drug-likeness (QED) is 0.659. The highest BCUT2D eigenvalue weighted by Gasteiger charge is 2.09. The number of nitrogen functional groups attached to an aromatic ring is 1. The van der Waals surface area contributed by atoms with Crippen LogP contribution in [0.2, 0.25) is 0 Å². The lowest BCUT2D eigenvalue weighted by Gasteiger charge is -2.13. The number of carbonyl (C=O) groups is 1. The Hall–Kier alpha value is -2.49. The van der Waals surface area contributed by atoms with Crippen molar-refractivity contribution in [3.05, 3.63) is 53.6 Å². The van der Waals surface area contributed by atoms with Crippen LogP contribution in [-0.2, 0) is 4.74 Å². The maximum absolute atomic E-state index is 11.6. The summed E-state index contributed by atoms with van der Waals surface area (Å²) in [5.41, 5.74) is 9.88. The number of rotatable bonds is 4. The zero-order valence-electron chi connectivity index (χ0n) is 12.5. The van der Waals surface area contributed by atoms with Crippen LogP contribution in [0.3, 0.4) is 0 Å². The third-order valence-corrected chi connectivity index (χ3v) is 3.31. The molecule has 0 aliphatic rings. The van der Waals surface area contributed by atoms with Crippen LogP contribution in [0.4, 0.5) is 17.1 Å². The van der Waals surface area contributed by atoms with Gasteiger partial charge in [-0.1, -0.05) is 26.0 Å². The van der Waals surface area contributed by atoms with Crippen molar-refractivity contribution in [1.29, 1.82) is 0 Å². The molecule has 2 aromatic carbocycles. The van der Waals surface area contributed by atoms with Crippen LogP contribution < -0.4 is 11.1 Å². The molecule has 2 aromatic rings. The zero-order valence-corrected chi connectivity index (χ0v) is 12.5. The number of nitrogens with one attached hydrogen (secondary N) is 1. The van der Waals surface area contributed by atoms with E-state index in [4.69, 9.17) is 10.5 Å². The van der Waals surface area contributed by atoms with E-state index in [0.717, 1.165) is 5.69 Å². The standard InChI is InChI=1S/C17H20N2O2/c1-11(2)12-5-4-6-14(9-12)19-16-10-13(17(20)21-3)7-8-15(16)18/h4-11,19H,18H2,1-3H3. The van der Waals surface area contributed by atoms with Crippen molar-refractivity contribution in [3.63, 3.8) is 0 Å². The molecule has 0 unspecified atom stereocenters. The first-order chi connectivity index (χ1) is 10.0. The van der Waals surface area contributed by atoms with Crippen molar-refractivity contribution in [1.82, 2.24) is 0 Å². The van der Waals surface area contributed by atoms with Crippen LogP contribution in [0.15, 0.2) is 42.5 Å². The fourth-order valence-electron chi connectivity index (χ4n) is 2.04. The zero-order chi connectivity index (χ0) is 15.4. The molecule has 0 radical (unpaired) electrons. The van der Waals surface area contributed by atoms with Gasteiger partial charge in [-0.2, -0.15) is 0 Å². The molecule has 0 aliphatic heterocycles. The molecule has 4 heteroatoms. The molecule has 0 saturated carbocycles. The fraction of sp³-hybridized carbons (Fsp3) is 0.235. The molecule has 0 spiro atoms. The molecular formula is C17H20N2O2. The summed E-state index contributed by atoms with van der Waals surface area (Å²) in [5.74, 6) is 0.0690. The molecule has 0 heterocycles. The number of esters is 1. The number of nitrogens with two attached hydrogens (primary N) is 1. The van der Waals surface area contributed by atoms with E-state index in [1.165, 1.54) is 12.7 Å². The second kappa shape index (κ2) is 6.31. The molecule has 0 aromatic heterocycles. The van der Waals surface area contributed by atoms with Crippen LogP contribution in [0.25, 0.3) is 0 Å². The van der Waals surface area contributed by atoms with Gasteiger partial charge in [-0.3, -0.25) is 0 Å². The summed E-state index contributed by atoms with van der Waals surface area (Å²) < 4.78 is 4.72. The van der Waals surface area contributed by atoms with Gasteiger partial charge in [-0.15, -0.1) is 0 Å². The van der Waals surface area contributed by atoms with Gasteiger partial charge in [0.25, 0.3) is 0 Å². The topological polar surface area (TPSA) is 64.3 Å². The maximum atomic E-state index is 11.6. The number of anilines is 3. The molecule has 21 heavy (non-hydrogen) atoms. The summed E-state index contributed by atoms with van der Waals surface area (Å²) >= 11 is 0. The molecule has 0 amide bonds. The Kier molecular flexibility index (Phi) is 4.48. The minimum Gasteiger partial charge on any atom is -0.465 e. The molecule has 3 N–H and O–H groups in total. The third kappa shape index (κ3) is 3.54. The summed E-state index contributed by atoms with van der Waals surface area (Å²) in [5, 5.41) is 3.25. The molecule has 0 bridgehead atoms. The Labute approximate surface area is 124 Å². The predicted molar refractivity (Wildman–Crippen MR) is 86.0 cm³/mol. The van der Waals surface area contributed by atoms with Crippen LogP contribution in [0, 0.1) is 0 Å². The summed E-state index contributed by atoms with van der Waals surface area (Å²) in [7, 11) is 1.36. The first kappa shape index (κ1) is 14.9. The second-order valence-corrected chi connectivity index (χ2v) is 5.20. The smallest absolute Gasteiger partial charge is 0.337 e. The van der Waals surface area contributed by atoms with Crippen LogP contribution >= 0.6 is 0 Å². The first-order valence-corrected chi connectivity index (χ1v) is 6.86. The van der Waals surface area contributed by atoms with Crippen LogP contribution in [0.5, 0.6) is 0 Å². The SMILES string of the molecule is COC(=O)c1ccc(N)c(Nc2cccc(C(C)C)c2)c1. The average Bonchev–Trinajstić information content (AvgIpc) is 2.49. The number of hydrogen-bond donors (Lipinski definition) is 2. The second-order valence-electron chi connectivity index (χ2n) is 5.20. The number of benzene rings is 2. The van der Waals surface area contributed by atoms with Gasteiger partial charge >= 0.3 is 5.97 Å². The van der Waals surface area contributed by atoms with Gasteiger partial charge in [0.05, 0.1) is 24.0 Å². The van der Waals surface area contributed by atoms with E-state index in [-0.39, 0.29) is 5.97 Å². The van der Waals surface area contributed by atoms with E-state index in [9.17, 15) is 4.79 Å². The molecule has 4 nitrogen and oxygen atoms in total. The van der Waals surface area contributed by atoms with Crippen molar-refractivity contribution < 1.29 is 9.53 Å². The average molecular weight is 284 g/mol. The monoisotopic (exact) mass is 284 g/mol. The van der Waals surface area contributed by atoms with E-state index in [0.29, 0.717) is 22.9 Å². The summed E-state index contributed by atoms with van der Waals surface area (Å²) in [4.78, 5) is 11.6. The largest absolute Gasteiger partial charge is 0.465 e. The minimum atomic E-state index is -0.381. The van der Waals surface area contributed by atoms with E-state index < -0.39 is 0 Å². The lowest BCUT2D eigenvalue weighted by Crippen LogP contribution is -2.04. The highest BCUT2D eigenvalue weighted by atomic mass is 16.5. The summed E-state index contributed by atoms with van der Waals surface area (Å²) in [6.45, 7) is 4.29. The fourth-order valence-corrected chi connectivity index (χ4v) is 2.04.